The minimum atomic E-state index is -0.731. The third kappa shape index (κ3) is 4.24. The summed E-state index contributed by atoms with van der Waals surface area (Å²) in [4.78, 5) is 13.2. The topological polar surface area (TPSA) is 49.8 Å². The van der Waals surface area contributed by atoms with Gasteiger partial charge < -0.3 is 9.84 Å². The van der Waals surface area contributed by atoms with Gasteiger partial charge in [-0.05, 0) is 59.7 Å². The Hall–Kier alpha value is -3.11. The van der Waals surface area contributed by atoms with Gasteiger partial charge in [-0.2, -0.15) is 0 Å². The Morgan fingerprint density at radius 1 is 1.07 bits per heavy atom. The molecule has 0 bridgehead atoms. The van der Waals surface area contributed by atoms with Crippen LogP contribution in [0.2, 0.25) is 0 Å². The Kier molecular flexibility index (Phi) is 5.86. The van der Waals surface area contributed by atoms with Crippen LogP contribution in [0.4, 0.5) is 0 Å². The lowest BCUT2D eigenvalue weighted by Crippen LogP contribution is -2.51. The molecule has 0 radical (unpaired) electrons. The van der Waals surface area contributed by atoms with Crippen LogP contribution < -0.4 is 4.74 Å². The number of hydrogen-bond donors (Lipinski definition) is 1. The Balaban J connectivity index is 1.44. The number of rotatable bonds is 7. The van der Waals surface area contributed by atoms with Crippen molar-refractivity contribution in [2.24, 2.45) is 0 Å². The van der Waals surface area contributed by atoms with Crippen molar-refractivity contribution in [1.82, 2.24) is 4.90 Å². The Morgan fingerprint density at radius 2 is 1.87 bits per heavy atom. The van der Waals surface area contributed by atoms with Crippen LogP contribution in [0.3, 0.4) is 0 Å². The average Bonchev–Trinajstić information content (AvgIpc) is 2.71. The molecule has 1 atom stereocenters. The summed E-state index contributed by atoms with van der Waals surface area (Å²) in [5, 5.41) is 9.21. The summed E-state index contributed by atoms with van der Waals surface area (Å²) in [5.74, 6) is 0.132. The summed E-state index contributed by atoms with van der Waals surface area (Å²) in [6, 6.07) is 22.5. The monoisotopic (exact) mass is 401 g/mol. The number of nitrogens with zero attached hydrogens (tertiary/aromatic N) is 1. The predicted molar refractivity (Wildman–Crippen MR) is 119 cm³/mol. The molecule has 4 heteroatoms. The number of aryl methyl sites for hydroxylation is 1. The molecule has 1 N–H and O–H groups in total. The Labute approximate surface area is 177 Å². The molecule has 4 nitrogen and oxygen atoms in total. The fraction of sp³-hybridized carbons (Fsp3) is 0.269. The first-order chi connectivity index (χ1) is 14.5. The van der Waals surface area contributed by atoms with E-state index in [4.69, 9.17) is 4.74 Å². The van der Waals surface area contributed by atoms with E-state index in [0.29, 0.717) is 13.2 Å². The number of benzene rings is 3. The van der Waals surface area contributed by atoms with Gasteiger partial charge >= 0.3 is 5.97 Å². The minimum absolute atomic E-state index is 0.346. The lowest BCUT2D eigenvalue weighted by molar-refractivity contribution is -0.148. The molecule has 1 fully saturated rings. The first-order valence-corrected chi connectivity index (χ1v) is 10.4. The van der Waals surface area contributed by atoms with Crippen LogP contribution in [0, 0.1) is 13.8 Å². The minimum Gasteiger partial charge on any atom is -0.489 e. The summed E-state index contributed by atoms with van der Waals surface area (Å²) in [6.45, 7) is 6.20. The lowest BCUT2D eigenvalue weighted by atomic mass is 9.97. The zero-order valence-corrected chi connectivity index (χ0v) is 17.5. The van der Waals surface area contributed by atoms with Gasteiger partial charge in [-0.15, -0.1) is 0 Å². The van der Waals surface area contributed by atoms with Gasteiger partial charge in [-0.25, -0.2) is 0 Å². The second-order valence-electron chi connectivity index (χ2n) is 7.96. The smallest absolute Gasteiger partial charge is 0.320 e. The van der Waals surface area contributed by atoms with Gasteiger partial charge in [0, 0.05) is 13.1 Å². The number of hydrogen-bond acceptors (Lipinski definition) is 3. The predicted octanol–water partition coefficient (Wildman–Crippen LogP) is 5.21. The molecule has 0 spiro atoms. The van der Waals surface area contributed by atoms with Gasteiger partial charge in [-0.3, -0.25) is 9.69 Å². The van der Waals surface area contributed by atoms with Crippen LogP contribution in [-0.2, 0) is 17.9 Å². The molecular formula is C26H27NO3. The average molecular weight is 402 g/mol. The van der Waals surface area contributed by atoms with Crippen molar-refractivity contribution in [3.63, 3.8) is 0 Å². The van der Waals surface area contributed by atoms with Crippen molar-refractivity contribution >= 4 is 5.97 Å². The molecule has 0 aromatic heterocycles. The number of carboxylic acids is 1. The van der Waals surface area contributed by atoms with Crippen molar-refractivity contribution in [3.05, 3.63) is 89.0 Å². The molecule has 0 saturated carbocycles. The fourth-order valence-corrected chi connectivity index (χ4v) is 4.04. The molecule has 1 saturated heterocycles. The standard InChI is InChI=1S/C26H27NO3/c1-18-15-20(16-27-14-13-24(27)26(28)29)11-12-25(18)30-17-22-9-6-10-23(19(22)2)21-7-4-3-5-8-21/h3-12,15,24H,13-14,16-17H2,1-2H3,(H,28,29)/t24-/m0/s1. The van der Waals surface area contributed by atoms with Gasteiger partial charge in [-0.1, -0.05) is 60.7 Å². The molecule has 3 aromatic rings. The maximum Gasteiger partial charge on any atom is 0.320 e. The van der Waals surface area contributed by atoms with E-state index in [1.165, 1.54) is 22.3 Å². The molecule has 30 heavy (non-hydrogen) atoms. The first kappa shape index (κ1) is 20.2. The zero-order valence-electron chi connectivity index (χ0n) is 17.5. The number of carboxylic acid groups (broad SMARTS) is 1. The summed E-state index contributed by atoms with van der Waals surface area (Å²) < 4.78 is 6.15. The van der Waals surface area contributed by atoms with Crippen LogP contribution >= 0.6 is 0 Å². The number of ether oxygens (including phenoxy) is 1. The van der Waals surface area contributed by atoms with Gasteiger partial charge in [0.05, 0.1) is 0 Å². The van der Waals surface area contributed by atoms with E-state index in [0.717, 1.165) is 29.8 Å². The van der Waals surface area contributed by atoms with Crippen molar-refractivity contribution in [2.45, 2.75) is 39.5 Å². The van der Waals surface area contributed by atoms with Crippen molar-refractivity contribution in [2.75, 3.05) is 6.54 Å². The van der Waals surface area contributed by atoms with E-state index in [1.54, 1.807) is 0 Å². The maximum atomic E-state index is 11.2. The molecule has 0 unspecified atom stereocenters. The van der Waals surface area contributed by atoms with Gasteiger partial charge in [0.2, 0.25) is 0 Å². The van der Waals surface area contributed by atoms with E-state index in [2.05, 4.69) is 55.5 Å². The molecule has 1 aliphatic rings. The SMILES string of the molecule is Cc1cc(CN2CC[C@H]2C(=O)O)ccc1OCc1cccc(-c2ccccc2)c1C. The highest BCUT2D eigenvalue weighted by molar-refractivity contribution is 5.74. The third-order valence-electron chi connectivity index (χ3n) is 5.95. The van der Waals surface area contributed by atoms with Crippen molar-refractivity contribution < 1.29 is 14.6 Å². The molecule has 1 aliphatic heterocycles. The molecule has 0 aliphatic carbocycles. The summed E-state index contributed by atoms with van der Waals surface area (Å²) in [6.07, 6.45) is 0.733. The van der Waals surface area contributed by atoms with Gasteiger partial charge in [0.25, 0.3) is 0 Å². The van der Waals surface area contributed by atoms with Crippen molar-refractivity contribution in [3.8, 4) is 16.9 Å². The number of aliphatic carboxylic acids is 1. The van der Waals surface area contributed by atoms with Crippen LogP contribution in [-0.4, -0.2) is 28.6 Å². The van der Waals surface area contributed by atoms with Crippen LogP contribution in [0.5, 0.6) is 5.75 Å². The van der Waals surface area contributed by atoms with Crippen LogP contribution in [0.1, 0.15) is 28.7 Å². The molecular weight excluding hydrogens is 374 g/mol. The summed E-state index contributed by atoms with van der Waals surface area (Å²) in [7, 11) is 0. The Bertz CT molecular complexity index is 1050. The second-order valence-corrected chi connectivity index (χ2v) is 7.96. The number of carbonyl (C=O) groups is 1. The van der Waals surface area contributed by atoms with Crippen LogP contribution in [0.15, 0.2) is 66.7 Å². The highest BCUT2D eigenvalue weighted by Crippen LogP contribution is 2.28. The largest absolute Gasteiger partial charge is 0.489 e. The first-order valence-electron chi connectivity index (χ1n) is 10.4. The van der Waals surface area contributed by atoms with Crippen LogP contribution in [0.25, 0.3) is 11.1 Å². The van der Waals surface area contributed by atoms with E-state index in [-0.39, 0.29) is 6.04 Å². The highest BCUT2D eigenvalue weighted by atomic mass is 16.5. The molecule has 3 aromatic carbocycles. The Morgan fingerprint density at radius 3 is 2.53 bits per heavy atom. The summed E-state index contributed by atoms with van der Waals surface area (Å²) in [5.41, 5.74) is 7.03. The maximum absolute atomic E-state index is 11.2. The number of likely N-dealkylation sites (tertiary alicyclic amines) is 1. The lowest BCUT2D eigenvalue weighted by Gasteiger charge is -2.38. The highest BCUT2D eigenvalue weighted by Gasteiger charge is 2.33. The van der Waals surface area contributed by atoms with E-state index < -0.39 is 5.97 Å². The molecule has 4 rings (SSSR count). The van der Waals surface area contributed by atoms with E-state index >= 15 is 0 Å². The normalized spacial score (nSPS) is 16.1. The van der Waals surface area contributed by atoms with E-state index in [1.807, 2.05) is 30.0 Å². The quantitative estimate of drug-likeness (QED) is 0.591. The fourth-order valence-electron chi connectivity index (χ4n) is 4.04. The van der Waals surface area contributed by atoms with Crippen molar-refractivity contribution in [1.29, 1.82) is 0 Å². The zero-order chi connectivity index (χ0) is 21.1. The van der Waals surface area contributed by atoms with Gasteiger partial charge in [0.15, 0.2) is 0 Å². The molecule has 0 amide bonds. The summed E-state index contributed by atoms with van der Waals surface area (Å²) >= 11 is 0. The van der Waals surface area contributed by atoms with Gasteiger partial charge in [0.1, 0.15) is 18.4 Å². The molecule has 154 valence electrons. The van der Waals surface area contributed by atoms with E-state index in [9.17, 15) is 9.90 Å². The third-order valence-corrected chi connectivity index (χ3v) is 5.95. The molecule has 1 heterocycles. The second kappa shape index (κ2) is 8.72.